The van der Waals surface area contributed by atoms with E-state index in [1.54, 1.807) is 0 Å². The minimum absolute atomic E-state index is 0.840. The Labute approximate surface area is 88.7 Å². The van der Waals surface area contributed by atoms with Gasteiger partial charge in [-0.25, -0.2) is 0 Å². The minimum atomic E-state index is 0.840. The van der Waals surface area contributed by atoms with E-state index < -0.39 is 0 Å². The largest absolute Gasteiger partial charge is 0.311 e. The third-order valence-corrected chi connectivity index (χ3v) is 4.17. The van der Waals surface area contributed by atoms with E-state index in [-0.39, 0.29) is 0 Å². The Kier molecular flexibility index (Phi) is 3.86. The highest BCUT2D eigenvalue weighted by Gasteiger charge is 2.24. The molecule has 0 heterocycles. The Balaban J connectivity index is 1.76. The molecule has 2 atom stereocenters. The monoisotopic (exact) mass is 195 g/mol. The first-order valence-corrected chi connectivity index (χ1v) is 6.62. The van der Waals surface area contributed by atoms with Crippen LogP contribution >= 0.6 is 0 Å². The Morgan fingerprint density at radius 3 is 2.14 bits per heavy atom. The summed E-state index contributed by atoms with van der Waals surface area (Å²) in [6.45, 7) is 2.43. The summed E-state index contributed by atoms with van der Waals surface area (Å²) in [6, 6.07) is 1.70. The summed E-state index contributed by atoms with van der Waals surface area (Å²) < 4.78 is 0. The molecule has 2 aliphatic rings. The van der Waals surface area contributed by atoms with Gasteiger partial charge in [-0.05, 0) is 31.6 Å². The lowest BCUT2D eigenvalue weighted by atomic mass is 9.84. The maximum absolute atomic E-state index is 3.91. The molecule has 1 N–H and O–H groups in total. The van der Waals surface area contributed by atoms with E-state index >= 15 is 0 Å². The van der Waals surface area contributed by atoms with Crippen molar-refractivity contribution in [2.45, 2.75) is 76.8 Å². The first-order chi connectivity index (χ1) is 6.86. The van der Waals surface area contributed by atoms with E-state index in [1.807, 2.05) is 0 Å². The fraction of sp³-hybridized carbons (Fsp3) is 1.00. The first kappa shape index (κ1) is 10.5. The predicted octanol–water partition coefficient (Wildman–Crippen LogP) is 3.49. The van der Waals surface area contributed by atoms with Crippen LogP contribution in [0.2, 0.25) is 0 Å². The molecular weight excluding hydrogens is 170 g/mol. The standard InChI is InChI=1S/C13H25N/c1-11-7-5-6-10-13(11)14-12-8-3-2-4-9-12/h11-14H,2-10H2,1H3/t11-,13+/m0/s1. The molecule has 0 saturated heterocycles. The zero-order valence-corrected chi connectivity index (χ0v) is 9.60. The van der Waals surface area contributed by atoms with E-state index in [4.69, 9.17) is 0 Å². The van der Waals surface area contributed by atoms with Crippen LogP contribution in [-0.4, -0.2) is 12.1 Å². The molecule has 0 aromatic rings. The van der Waals surface area contributed by atoms with Crippen LogP contribution in [0.1, 0.15) is 64.7 Å². The molecule has 0 amide bonds. The third-order valence-electron chi connectivity index (χ3n) is 4.17. The van der Waals surface area contributed by atoms with Crippen molar-refractivity contribution in [2.24, 2.45) is 5.92 Å². The summed E-state index contributed by atoms with van der Waals surface area (Å²) >= 11 is 0. The van der Waals surface area contributed by atoms with Crippen LogP contribution in [0.25, 0.3) is 0 Å². The van der Waals surface area contributed by atoms with Crippen LogP contribution in [0.4, 0.5) is 0 Å². The molecule has 0 bridgehead atoms. The Bertz CT molecular complexity index is 161. The molecule has 0 radical (unpaired) electrons. The second kappa shape index (κ2) is 5.16. The molecule has 0 aromatic heterocycles. The van der Waals surface area contributed by atoms with E-state index in [2.05, 4.69) is 12.2 Å². The summed E-state index contributed by atoms with van der Waals surface area (Å²) in [6.07, 6.45) is 13.0. The lowest BCUT2D eigenvalue weighted by Crippen LogP contribution is -2.44. The highest BCUT2D eigenvalue weighted by atomic mass is 15.0. The maximum atomic E-state index is 3.91. The highest BCUT2D eigenvalue weighted by molar-refractivity contribution is 4.83. The maximum Gasteiger partial charge on any atom is 0.00952 e. The van der Waals surface area contributed by atoms with Gasteiger partial charge in [0.05, 0.1) is 0 Å². The molecule has 0 aromatic carbocycles. The molecule has 82 valence electrons. The van der Waals surface area contributed by atoms with Gasteiger partial charge in [0.1, 0.15) is 0 Å². The van der Waals surface area contributed by atoms with Crippen LogP contribution in [0.5, 0.6) is 0 Å². The van der Waals surface area contributed by atoms with Crippen molar-refractivity contribution < 1.29 is 0 Å². The SMILES string of the molecule is C[C@H]1CCCC[C@H]1NC1CCCCC1. The van der Waals surface area contributed by atoms with E-state index in [0.29, 0.717) is 0 Å². The summed E-state index contributed by atoms with van der Waals surface area (Å²) in [5.74, 6) is 0.922. The van der Waals surface area contributed by atoms with Gasteiger partial charge < -0.3 is 5.32 Å². The predicted molar refractivity (Wildman–Crippen MR) is 61.4 cm³/mol. The molecular formula is C13H25N. The van der Waals surface area contributed by atoms with Gasteiger partial charge in [-0.15, -0.1) is 0 Å². The van der Waals surface area contributed by atoms with Crippen molar-refractivity contribution in [2.75, 3.05) is 0 Å². The van der Waals surface area contributed by atoms with Crippen LogP contribution < -0.4 is 5.32 Å². The molecule has 2 fully saturated rings. The number of rotatable bonds is 2. The van der Waals surface area contributed by atoms with Crippen molar-refractivity contribution in [3.63, 3.8) is 0 Å². The van der Waals surface area contributed by atoms with E-state index in [1.165, 1.54) is 57.8 Å². The van der Waals surface area contributed by atoms with Crippen molar-refractivity contribution in [1.29, 1.82) is 0 Å². The zero-order chi connectivity index (χ0) is 9.80. The first-order valence-electron chi connectivity index (χ1n) is 6.62. The third kappa shape index (κ3) is 2.73. The molecule has 0 spiro atoms. The van der Waals surface area contributed by atoms with Crippen molar-refractivity contribution in [1.82, 2.24) is 5.32 Å². The fourth-order valence-corrected chi connectivity index (χ4v) is 3.14. The average Bonchev–Trinajstić information content (AvgIpc) is 2.23. The second-order valence-corrected chi connectivity index (χ2v) is 5.37. The van der Waals surface area contributed by atoms with Gasteiger partial charge in [-0.2, -0.15) is 0 Å². The number of hydrogen-bond donors (Lipinski definition) is 1. The van der Waals surface area contributed by atoms with Crippen LogP contribution in [0, 0.1) is 5.92 Å². The molecule has 2 aliphatic carbocycles. The van der Waals surface area contributed by atoms with Gasteiger partial charge in [0, 0.05) is 12.1 Å². The van der Waals surface area contributed by atoms with Crippen molar-refractivity contribution >= 4 is 0 Å². The van der Waals surface area contributed by atoms with Gasteiger partial charge in [0.2, 0.25) is 0 Å². The minimum Gasteiger partial charge on any atom is -0.311 e. The summed E-state index contributed by atoms with van der Waals surface area (Å²) in [4.78, 5) is 0. The Hall–Kier alpha value is -0.0400. The Morgan fingerprint density at radius 1 is 0.786 bits per heavy atom. The van der Waals surface area contributed by atoms with Gasteiger partial charge in [0.15, 0.2) is 0 Å². The molecule has 0 aliphatic heterocycles. The van der Waals surface area contributed by atoms with Gasteiger partial charge in [-0.1, -0.05) is 39.0 Å². The average molecular weight is 195 g/mol. The fourth-order valence-electron chi connectivity index (χ4n) is 3.14. The number of nitrogens with one attached hydrogen (secondary N) is 1. The molecule has 1 nitrogen and oxygen atoms in total. The van der Waals surface area contributed by atoms with Gasteiger partial charge >= 0.3 is 0 Å². The van der Waals surface area contributed by atoms with Crippen molar-refractivity contribution in [3.8, 4) is 0 Å². The molecule has 2 rings (SSSR count). The second-order valence-electron chi connectivity index (χ2n) is 5.37. The van der Waals surface area contributed by atoms with Crippen LogP contribution in [-0.2, 0) is 0 Å². The lowest BCUT2D eigenvalue weighted by molar-refractivity contribution is 0.235. The van der Waals surface area contributed by atoms with E-state index in [9.17, 15) is 0 Å². The lowest BCUT2D eigenvalue weighted by Gasteiger charge is -2.34. The summed E-state index contributed by atoms with van der Waals surface area (Å²) in [5.41, 5.74) is 0. The molecule has 14 heavy (non-hydrogen) atoms. The topological polar surface area (TPSA) is 12.0 Å². The quantitative estimate of drug-likeness (QED) is 0.711. The normalized spacial score (nSPS) is 35.8. The Morgan fingerprint density at radius 2 is 1.43 bits per heavy atom. The van der Waals surface area contributed by atoms with E-state index in [0.717, 1.165) is 18.0 Å². The zero-order valence-electron chi connectivity index (χ0n) is 9.60. The summed E-state index contributed by atoms with van der Waals surface area (Å²) in [7, 11) is 0. The number of hydrogen-bond acceptors (Lipinski definition) is 1. The molecule has 1 heteroatoms. The smallest absolute Gasteiger partial charge is 0.00952 e. The van der Waals surface area contributed by atoms with Crippen molar-refractivity contribution in [3.05, 3.63) is 0 Å². The van der Waals surface area contributed by atoms with Crippen LogP contribution in [0.15, 0.2) is 0 Å². The van der Waals surface area contributed by atoms with Gasteiger partial charge in [0.25, 0.3) is 0 Å². The van der Waals surface area contributed by atoms with Crippen LogP contribution in [0.3, 0.4) is 0 Å². The molecule has 2 saturated carbocycles. The summed E-state index contributed by atoms with van der Waals surface area (Å²) in [5, 5.41) is 3.91. The highest BCUT2D eigenvalue weighted by Crippen LogP contribution is 2.26. The molecule has 0 unspecified atom stereocenters. The van der Waals surface area contributed by atoms with Gasteiger partial charge in [-0.3, -0.25) is 0 Å².